The molecule has 5 heteroatoms. The summed E-state index contributed by atoms with van der Waals surface area (Å²) in [5, 5.41) is 13.0. The van der Waals surface area contributed by atoms with E-state index in [0.717, 1.165) is 5.56 Å². The molecule has 0 fully saturated rings. The zero-order valence-corrected chi connectivity index (χ0v) is 10.8. The molecule has 0 aliphatic carbocycles. The molecule has 2 rings (SSSR count). The second-order valence-corrected chi connectivity index (χ2v) is 3.96. The summed E-state index contributed by atoms with van der Waals surface area (Å²) in [5.74, 6) is 0.968. The Morgan fingerprint density at radius 2 is 2.05 bits per heavy atom. The average molecular weight is 259 g/mol. The monoisotopic (exact) mass is 259 g/mol. The van der Waals surface area contributed by atoms with E-state index >= 15 is 0 Å². The zero-order chi connectivity index (χ0) is 13.5. The van der Waals surface area contributed by atoms with Crippen molar-refractivity contribution in [1.29, 1.82) is 0 Å². The third-order valence-electron chi connectivity index (χ3n) is 2.56. The van der Waals surface area contributed by atoms with E-state index in [1.807, 2.05) is 37.3 Å². The van der Waals surface area contributed by atoms with Crippen LogP contribution < -0.4 is 10.1 Å². The summed E-state index contributed by atoms with van der Waals surface area (Å²) in [6.45, 7) is 2.80. The maximum atomic E-state index is 10.0. The third-order valence-corrected chi connectivity index (χ3v) is 2.56. The van der Waals surface area contributed by atoms with Crippen molar-refractivity contribution in [3.63, 3.8) is 0 Å². The number of aliphatic hydroxyl groups excluding tert-OH is 1. The van der Waals surface area contributed by atoms with Crippen LogP contribution in [0.2, 0.25) is 0 Å². The van der Waals surface area contributed by atoms with Gasteiger partial charge in [-0.05, 0) is 12.5 Å². The summed E-state index contributed by atoms with van der Waals surface area (Å²) in [7, 11) is 0. The van der Waals surface area contributed by atoms with Crippen molar-refractivity contribution >= 4 is 5.95 Å². The molecule has 1 aromatic carbocycles. The number of nitrogens with one attached hydrogen (secondary N) is 1. The van der Waals surface area contributed by atoms with Crippen LogP contribution in [0.15, 0.2) is 42.6 Å². The second kappa shape index (κ2) is 6.70. The molecule has 0 saturated heterocycles. The molecule has 2 N–H and O–H groups in total. The van der Waals surface area contributed by atoms with E-state index < -0.39 is 6.10 Å². The number of ether oxygens (including phenoxy) is 1. The number of anilines is 1. The van der Waals surface area contributed by atoms with Crippen molar-refractivity contribution < 1.29 is 9.84 Å². The molecule has 5 nitrogen and oxygen atoms in total. The lowest BCUT2D eigenvalue weighted by atomic mass is 10.1. The molecule has 0 aliphatic heterocycles. The maximum Gasteiger partial charge on any atom is 0.226 e. The zero-order valence-electron chi connectivity index (χ0n) is 10.8. The minimum absolute atomic E-state index is 0.347. The molecule has 0 bridgehead atoms. The molecule has 1 atom stereocenters. The fourth-order valence-electron chi connectivity index (χ4n) is 1.64. The van der Waals surface area contributed by atoms with Gasteiger partial charge >= 0.3 is 0 Å². The first-order valence-electron chi connectivity index (χ1n) is 6.22. The predicted molar refractivity (Wildman–Crippen MR) is 73.1 cm³/mol. The van der Waals surface area contributed by atoms with Crippen molar-refractivity contribution in [2.45, 2.75) is 13.0 Å². The number of rotatable bonds is 6. The molecule has 0 saturated carbocycles. The average Bonchev–Trinajstić information content (AvgIpc) is 2.46. The van der Waals surface area contributed by atoms with Gasteiger partial charge in [-0.2, -0.15) is 4.98 Å². The topological polar surface area (TPSA) is 67.3 Å². The molecule has 0 unspecified atom stereocenters. The standard InChI is InChI=1S/C14H17N3O2/c1-2-19-13-8-9-15-14(17-13)16-10-12(18)11-6-4-3-5-7-11/h3-9,12,18H,2,10H2,1H3,(H,15,16,17)/t12-/m1/s1. The molecular weight excluding hydrogens is 242 g/mol. The van der Waals surface area contributed by atoms with Crippen LogP contribution >= 0.6 is 0 Å². The van der Waals surface area contributed by atoms with Crippen molar-refractivity contribution in [3.05, 3.63) is 48.2 Å². The lowest BCUT2D eigenvalue weighted by molar-refractivity contribution is 0.191. The highest BCUT2D eigenvalue weighted by atomic mass is 16.5. The quantitative estimate of drug-likeness (QED) is 0.830. The molecule has 1 heterocycles. The first-order valence-corrected chi connectivity index (χ1v) is 6.22. The van der Waals surface area contributed by atoms with Gasteiger partial charge in [0.15, 0.2) is 0 Å². The molecule has 19 heavy (non-hydrogen) atoms. The van der Waals surface area contributed by atoms with E-state index in [4.69, 9.17) is 4.74 Å². The van der Waals surface area contributed by atoms with Gasteiger partial charge in [-0.15, -0.1) is 0 Å². The van der Waals surface area contributed by atoms with E-state index in [1.165, 1.54) is 0 Å². The number of aromatic nitrogens is 2. The van der Waals surface area contributed by atoms with Gasteiger partial charge in [-0.3, -0.25) is 0 Å². The van der Waals surface area contributed by atoms with Gasteiger partial charge in [0.1, 0.15) is 0 Å². The molecular formula is C14H17N3O2. The summed E-state index contributed by atoms with van der Waals surface area (Å²) in [6, 6.07) is 11.2. The fraction of sp³-hybridized carbons (Fsp3) is 0.286. The predicted octanol–water partition coefficient (Wildman–Crippen LogP) is 2.02. The molecule has 0 spiro atoms. The number of benzene rings is 1. The maximum absolute atomic E-state index is 10.0. The minimum Gasteiger partial charge on any atom is -0.478 e. The number of hydrogen-bond acceptors (Lipinski definition) is 5. The van der Waals surface area contributed by atoms with Crippen LogP contribution in [-0.4, -0.2) is 28.2 Å². The van der Waals surface area contributed by atoms with E-state index in [1.54, 1.807) is 12.3 Å². The van der Waals surface area contributed by atoms with Crippen LogP contribution in [0.1, 0.15) is 18.6 Å². The van der Waals surface area contributed by atoms with Crippen LogP contribution in [-0.2, 0) is 0 Å². The molecule has 2 aromatic rings. The highest BCUT2D eigenvalue weighted by Gasteiger charge is 2.07. The summed E-state index contributed by atoms with van der Waals surface area (Å²) in [5.41, 5.74) is 0.857. The molecule has 1 aromatic heterocycles. The van der Waals surface area contributed by atoms with Gasteiger partial charge in [0.05, 0.1) is 12.7 Å². The Morgan fingerprint density at radius 3 is 2.79 bits per heavy atom. The largest absolute Gasteiger partial charge is 0.478 e. The first-order chi connectivity index (χ1) is 9.29. The Labute approximate surface area is 112 Å². The van der Waals surface area contributed by atoms with Crippen LogP contribution in [0.25, 0.3) is 0 Å². The summed E-state index contributed by atoms with van der Waals surface area (Å²) < 4.78 is 5.28. The highest BCUT2D eigenvalue weighted by molar-refractivity contribution is 5.29. The normalized spacial score (nSPS) is 11.9. The van der Waals surface area contributed by atoms with E-state index in [2.05, 4.69) is 15.3 Å². The molecule has 0 amide bonds. The van der Waals surface area contributed by atoms with E-state index in [9.17, 15) is 5.11 Å². The van der Waals surface area contributed by atoms with Crippen LogP contribution in [0.4, 0.5) is 5.95 Å². The van der Waals surface area contributed by atoms with Crippen molar-refractivity contribution in [1.82, 2.24) is 9.97 Å². The summed E-state index contributed by atoms with van der Waals surface area (Å²) in [4.78, 5) is 8.25. The third kappa shape index (κ3) is 3.93. The highest BCUT2D eigenvalue weighted by Crippen LogP contribution is 2.13. The Balaban J connectivity index is 1.93. The number of aliphatic hydroxyl groups is 1. The van der Waals surface area contributed by atoms with Gasteiger partial charge in [-0.1, -0.05) is 30.3 Å². The Morgan fingerprint density at radius 1 is 1.26 bits per heavy atom. The van der Waals surface area contributed by atoms with E-state index in [0.29, 0.717) is 25.0 Å². The van der Waals surface area contributed by atoms with Gasteiger partial charge in [0.25, 0.3) is 0 Å². The second-order valence-electron chi connectivity index (χ2n) is 3.96. The number of hydrogen-bond donors (Lipinski definition) is 2. The molecule has 0 radical (unpaired) electrons. The Hall–Kier alpha value is -2.14. The summed E-state index contributed by atoms with van der Waals surface area (Å²) >= 11 is 0. The van der Waals surface area contributed by atoms with Gasteiger partial charge in [0.2, 0.25) is 11.8 Å². The number of nitrogens with zero attached hydrogens (tertiary/aromatic N) is 2. The molecule has 100 valence electrons. The smallest absolute Gasteiger partial charge is 0.226 e. The Kier molecular flexibility index (Phi) is 4.69. The van der Waals surface area contributed by atoms with Crippen molar-refractivity contribution in [2.75, 3.05) is 18.5 Å². The molecule has 0 aliphatic rings. The van der Waals surface area contributed by atoms with Crippen molar-refractivity contribution in [3.8, 4) is 5.88 Å². The van der Waals surface area contributed by atoms with Gasteiger partial charge < -0.3 is 15.2 Å². The van der Waals surface area contributed by atoms with Crippen LogP contribution in [0.5, 0.6) is 5.88 Å². The van der Waals surface area contributed by atoms with Crippen molar-refractivity contribution in [2.24, 2.45) is 0 Å². The summed E-state index contributed by atoms with van der Waals surface area (Å²) in [6.07, 6.45) is 1.02. The first kappa shape index (κ1) is 13.3. The van der Waals surface area contributed by atoms with Crippen LogP contribution in [0.3, 0.4) is 0 Å². The fourth-order valence-corrected chi connectivity index (χ4v) is 1.64. The Bertz CT molecular complexity index is 505. The SMILES string of the molecule is CCOc1ccnc(NC[C@@H](O)c2ccccc2)n1. The van der Waals surface area contributed by atoms with Crippen LogP contribution in [0, 0.1) is 0 Å². The minimum atomic E-state index is -0.597. The van der Waals surface area contributed by atoms with Gasteiger partial charge in [-0.25, -0.2) is 4.98 Å². The lowest BCUT2D eigenvalue weighted by Crippen LogP contribution is -2.14. The lowest BCUT2D eigenvalue weighted by Gasteiger charge is -2.12. The van der Waals surface area contributed by atoms with E-state index in [-0.39, 0.29) is 0 Å². The van der Waals surface area contributed by atoms with Gasteiger partial charge in [0, 0.05) is 18.8 Å².